The zero-order valence-corrected chi connectivity index (χ0v) is 12.1. The summed E-state index contributed by atoms with van der Waals surface area (Å²) in [7, 11) is 0. The lowest BCUT2D eigenvalue weighted by Gasteiger charge is -2.23. The van der Waals surface area contributed by atoms with Crippen LogP contribution in [0.2, 0.25) is 0 Å². The van der Waals surface area contributed by atoms with Gasteiger partial charge in [0.05, 0.1) is 11.6 Å². The van der Waals surface area contributed by atoms with E-state index in [4.69, 9.17) is 0 Å². The van der Waals surface area contributed by atoms with Crippen LogP contribution in [0, 0.1) is 6.92 Å². The van der Waals surface area contributed by atoms with Crippen LogP contribution in [0.5, 0.6) is 0 Å². The van der Waals surface area contributed by atoms with E-state index >= 15 is 0 Å². The summed E-state index contributed by atoms with van der Waals surface area (Å²) in [5, 5.41) is 14.6. The Balaban J connectivity index is 2.18. The van der Waals surface area contributed by atoms with E-state index in [-0.39, 0.29) is 5.54 Å². The number of nitrogens with one attached hydrogen (secondary N) is 1. The van der Waals surface area contributed by atoms with Crippen molar-refractivity contribution in [1.82, 2.24) is 10.3 Å². The number of fused-ring (bicyclic) bond motifs is 1. The van der Waals surface area contributed by atoms with E-state index < -0.39 is 6.10 Å². The zero-order valence-electron chi connectivity index (χ0n) is 12.1. The van der Waals surface area contributed by atoms with Crippen LogP contribution in [-0.4, -0.2) is 22.2 Å². The molecule has 0 fully saturated rings. The van der Waals surface area contributed by atoms with E-state index in [0.717, 1.165) is 22.2 Å². The first-order chi connectivity index (χ1) is 8.85. The van der Waals surface area contributed by atoms with E-state index in [1.165, 1.54) is 0 Å². The van der Waals surface area contributed by atoms with Crippen LogP contribution in [-0.2, 0) is 0 Å². The monoisotopic (exact) mass is 258 g/mol. The van der Waals surface area contributed by atoms with Crippen molar-refractivity contribution in [3.63, 3.8) is 0 Å². The number of β-amino-alcohol motifs (C(OH)–C–C–N with tert-alkyl or cyclic N) is 1. The van der Waals surface area contributed by atoms with Crippen LogP contribution in [0.4, 0.5) is 0 Å². The summed E-state index contributed by atoms with van der Waals surface area (Å²) < 4.78 is 0. The van der Waals surface area contributed by atoms with Gasteiger partial charge in [-0.3, -0.25) is 4.98 Å². The molecule has 3 heteroatoms. The third kappa shape index (κ3) is 3.75. The summed E-state index contributed by atoms with van der Waals surface area (Å²) in [5.74, 6) is 0. The van der Waals surface area contributed by atoms with E-state index in [1.807, 2.05) is 37.3 Å². The summed E-state index contributed by atoms with van der Waals surface area (Å²) >= 11 is 0. The van der Waals surface area contributed by atoms with Gasteiger partial charge in [-0.25, -0.2) is 0 Å². The van der Waals surface area contributed by atoms with Gasteiger partial charge in [-0.1, -0.05) is 12.1 Å². The Morgan fingerprint density at radius 3 is 2.63 bits per heavy atom. The van der Waals surface area contributed by atoms with Crippen LogP contribution in [0.15, 0.2) is 30.3 Å². The summed E-state index contributed by atoms with van der Waals surface area (Å²) in [4.78, 5) is 4.46. The topological polar surface area (TPSA) is 45.1 Å². The van der Waals surface area contributed by atoms with E-state index in [2.05, 4.69) is 31.1 Å². The average molecular weight is 258 g/mol. The second kappa shape index (κ2) is 5.27. The number of aliphatic hydroxyl groups is 1. The summed E-state index contributed by atoms with van der Waals surface area (Å²) in [5.41, 5.74) is 2.92. The lowest BCUT2D eigenvalue weighted by molar-refractivity contribution is 0.163. The molecule has 1 aromatic carbocycles. The molecule has 0 saturated carbocycles. The minimum absolute atomic E-state index is 0.0104. The molecule has 1 atom stereocenters. The number of aromatic nitrogens is 1. The van der Waals surface area contributed by atoms with E-state index in [0.29, 0.717) is 6.54 Å². The molecule has 0 unspecified atom stereocenters. The highest BCUT2D eigenvalue weighted by atomic mass is 16.3. The highest BCUT2D eigenvalue weighted by Crippen LogP contribution is 2.20. The highest BCUT2D eigenvalue weighted by molar-refractivity contribution is 5.79. The van der Waals surface area contributed by atoms with Gasteiger partial charge in [0.1, 0.15) is 0 Å². The predicted octanol–water partition coefficient (Wildman–Crippen LogP) is 2.96. The molecule has 0 aliphatic carbocycles. The van der Waals surface area contributed by atoms with Crippen molar-refractivity contribution in [2.75, 3.05) is 6.54 Å². The molecular formula is C16H22N2O. The highest BCUT2D eigenvalue weighted by Gasteiger charge is 2.13. The maximum Gasteiger partial charge on any atom is 0.0914 e. The van der Waals surface area contributed by atoms with Crippen molar-refractivity contribution < 1.29 is 5.11 Å². The first-order valence-electron chi connectivity index (χ1n) is 6.65. The zero-order chi connectivity index (χ0) is 14.0. The van der Waals surface area contributed by atoms with Gasteiger partial charge in [-0.2, -0.15) is 0 Å². The molecule has 0 aliphatic rings. The van der Waals surface area contributed by atoms with Crippen LogP contribution >= 0.6 is 0 Å². The molecule has 102 valence electrons. The number of pyridine rings is 1. The average Bonchev–Trinajstić information content (AvgIpc) is 2.34. The van der Waals surface area contributed by atoms with E-state index in [9.17, 15) is 5.11 Å². The number of aliphatic hydroxyl groups excluding tert-OH is 1. The fraction of sp³-hybridized carbons (Fsp3) is 0.438. The molecule has 2 rings (SSSR count). The predicted molar refractivity (Wildman–Crippen MR) is 79.2 cm³/mol. The van der Waals surface area contributed by atoms with Crippen LogP contribution < -0.4 is 5.32 Å². The lowest BCUT2D eigenvalue weighted by atomic mass is 10.0. The van der Waals surface area contributed by atoms with Crippen molar-refractivity contribution in [3.05, 3.63) is 41.6 Å². The Hall–Kier alpha value is -1.45. The number of benzene rings is 1. The Bertz CT molecular complexity index is 572. The Morgan fingerprint density at radius 2 is 1.95 bits per heavy atom. The second-order valence-electron chi connectivity index (χ2n) is 6.05. The number of hydrogen-bond acceptors (Lipinski definition) is 3. The Morgan fingerprint density at radius 1 is 1.21 bits per heavy atom. The van der Waals surface area contributed by atoms with Gasteiger partial charge < -0.3 is 10.4 Å². The van der Waals surface area contributed by atoms with Gasteiger partial charge in [-0.05, 0) is 51.5 Å². The first kappa shape index (κ1) is 14.0. The summed E-state index contributed by atoms with van der Waals surface area (Å²) in [6, 6.07) is 9.97. The Kier molecular flexibility index (Phi) is 3.88. The largest absolute Gasteiger partial charge is 0.387 e. The fourth-order valence-corrected chi connectivity index (χ4v) is 1.97. The second-order valence-corrected chi connectivity index (χ2v) is 6.05. The van der Waals surface area contributed by atoms with Gasteiger partial charge in [-0.15, -0.1) is 0 Å². The molecule has 1 aromatic heterocycles. The lowest BCUT2D eigenvalue weighted by Crippen LogP contribution is -2.38. The van der Waals surface area contributed by atoms with Crippen LogP contribution in [0.25, 0.3) is 10.9 Å². The summed E-state index contributed by atoms with van der Waals surface area (Å²) in [6.45, 7) is 8.80. The molecule has 3 nitrogen and oxygen atoms in total. The molecule has 2 aromatic rings. The molecule has 2 N–H and O–H groups in total. The number of nitrogens with zero attached hydrogens (tertiary/aromatic N) is 1. The van der Waals surface area contributed by atoms with Crippen molar-refractivity contribution in [2.45, 2.75) is 39.3 Å². The smallest absolute Gasteiger partial charge is 0.0914 e. The van der Waals surface area contributed by atoms with Crippen molar-refractivity contribution >= 4 is 10.9 Å². The van der Waals surface area contributed by atoms with Gasteiger partial charge >= 0.3 is 0 Å². The SMILES string of the molecule is Cc1ccc2cc([C@@H](O)CNC(C)(C)C)ccc2n1. The molecule has 1 heterocycles. The third-order valence-electron chi connectivity index (χ3n) is 3.06. The maximum absolute atomic E-state index is 10.2. The number of hydrogen-bond donors (Lipinski definition) is 2. The van der Waals surface area contributed by atoms with Crippen LogP contribution in [0.3, 0.4) is 0 Å². The number of rotatable bonds is 3. The first-order valence-corrected chi connectivity index (χ1v) is 6.65. The third-order valence-corrected chi connectivity index (χ3v) is 3.06. The molecule has 0 spiro atoms. The van der Waals surface area contributed by atoms with Crippen molar-refractivity contribution in [2.24, 2.45) is 0 Å². The van der Waals surface area contributed by atoms with Gasteiger partial charge in [0.25, 0.3) is 0 Å². The maximum atomic E-state index is 10.2. The molecule has 19 heavy (non-hydrogen) atoms. The fourth-order valence-electron chi connectivity index (χ4n) is 1.97. The van der Waals surface area contributed by atoms with Gasteiger partial charge in [0.15, 0.2) is 0 Å². The quantitative estimate of drug-likeness (QED) is 0.889. The minimum atomic E-state index is -0.495. The molecular weight excluding hydrogens is 236 g/mol. The van der Waals surface area contributed by atoms with E-state index in [1.54, 1.807) is 0 Å². The standard InChI is InChI=1S/C16H22N2O/c1-11-5-6-12-9-13(7-8-14(12)18-11)15(19)10-17-16(2,3)4/h5-9,15,17,19H,10H2,1-4H3/t15-/m0/s1. The molecule has 0 aliphatic heterocycles. The van der Waals surface area contributed by atoms with Gasteiger partial charge in [0.2, 0.25) is 0 Å². The molecule has 0 amide bonds. The molecule has 0 bridgehead atoms. The number of aryl methyl sites for hydroxylation is 1. The van der Waals surface area contributed by atoms with Crippen molar-refractivity contribution in [3.8, 4) is 0 Å². The normalized spacial score (nSPS) is 13.7. The Labute approximate surface area is 114 Å². The van der Waals surface area contributed by atoms with Crippen LogP contribution in [0.1, 0.15) is 38.1 Å². The van der Waals surface area contributed by atoms with Gasteiger partial charge in [0, 0.05) is 23.2 Å². The molecule has 0 radical (unpaired) electrons. The van der Waals surface area contributed by atoms with Crippen molar-refractivity contribution in [1.29, 1.82) is 0 Å². The summed E-state index contributed by atoms with van der Waals surface area (Å²) in [6.07, 6.45) is -0.495. The molecule has 0 saturated heterocycles. The minimum Gasteiger partial charge on any atom is -0.387 e.